The first kappa shape index (κ1) is 14.6. The zero-order valence-electron chi connectivity index (χ0n) is 10.3. The minimum atomic E-state index is -0.494. The van der Waals surface area contributed by atoms with Gasteiger partial charge in [-0.3, -0.25) is 0 Å². The summed E-state index contributed by atoms with van der Waals surface area (Å²) in [7, 11) is 3.06. The van der Waals surface area contributed by atoms with Gasteiger partial charge >= 0.3 is 0 Å². The normalized spacial score (nSPS) is 12.9. The summed E-state index contributed by atoms with van der Waals surface area (Å²) in [4.78, 5) is 4.99. The summed E-state index contributed by atoms with van der Waals surface area (Å²) in [5.41, 5.74) is 0.417. The summed E-state index contributed by atoms with van der Waals surface area (Å²) in [5.74, 6) is -0.283. The number of methoxy groups -OCH3 is 2. The van der Waals surface area contributed by atoms with E-state index >= 15 is 0 Å². The predicted molar refractivity (Wildman–Crippen MR) is 64.1 cm³/mol. The molecule has 6 heteroatoms. The van der Waals surface area contributed by atoms with E-state index in [1.807, 2.05) is 0 Å². The van der Waals surface area contributed by atoms with Gasteiger partial charge in [0.15, 0.2) is 5.75 Å². The number of hydrogen-bond donors (Lipinski definition) is 1. The second-order valence-corrected chi connectivity index (χ2v) is 3.53. The van der Waals surface area contributed by atoms with Gasteiger partial charge < -0.3 is 19.4 Å². The SMILES string of the molecule is COCC(C=NOc1cc(F)cc(CO)c1)OC. The van der Waals surface area contributed by atoms with Crippen molar-refractivity contribution in [1.29, 1.82) is 0 Å². The van der Waals surface area contributed by atoms with Gasteiger partial charge in [0.05, 0.1) is 19.4 Å². The van der Waals surface area contributed by atoms with E-state index in [1.54, 1.807) is 7.11 Å². The number of benzene rings is 1. The van der Waals surface area contributed by atoms with Crippen LogP contribution in [-0.4, -0.2) is 38.3 Å². The van der Waals surface area contributed by atoms with Gasteiger partial charge in [-0.05, 0) is 17.7 Å². The maximum absolute atomic E-state index is 13.1. The third-order valence-corrected chi connectivity index (χ3v) is 2.13. The number of rotatable bonds is 7. The first-order valence-electron chi connectivity index (χ1n) is 5.32. The average Bonchev–Trinajstić information content (AvgIpc) is 2.37. The highest BCUT2D eigenvalue weighted by atomic mass is 19.1. The number of hydrogen-bond acceptors (Lipinski definition) is 5. The van der Waals surface area contributed by atoms with E-state index in [2.05, 4.69) is 5.16 Å². The smallest absolute Gasteiger partial charge is 0.161 e. The van der Waals surface area contributed by atoms with Crippen LogP contribution in [0.15, 0.2) is 23.4 Å². The van der Waals surface area contributed by atoms with Crippen LogP contribution in [0.3, 0.4) is 0 Å². The Morgan fingerprint density at radius 2 is 2.17 bits per heavy atom. The van der Waals surface area contributed by atoms with E-state index in [-0.39, 0.29) is 18.5 Å². The summed E-state index contributed by atoms with van der Waals surface area (Å²) in [5, 5.41) is 12.6. The largest absolute Gasteiger partial charge is 0.392 e. The molecule has 0 aliphatic carbocycles. The molecule has 1 aromatic carbocycles. The number of aliphatic hydroxyl groups is 1. The van der Waals surface area contributed by atoms with Crippen molar-refractivity contribution in [2.24, 2.45) is 5.16 Å². The first-order chi connectivity index (χ1) is 8.69. The van der Waals surface area contributed by atoms with Crippen molar-refractivity contribution in [3.05, 3.63) is 29.6 Å². The number of oxime groups is 1. The third-order valence-electron chi connectivity index (χ3n) is 2.13. The van der Waals surface area contributed by atoms with Crippen molar-refractivity contribution in [3.8, 4) is 5.75 Å². The van der Waals surface area contributed by atoms with Crippen LogP contribution in [0.5, 0.6) is 5.75 Å². The van der Waals surface area contributed by atoms with E-state index in [0.717, 1.165) is 0 Å². The average molecular weight is 257 g/mol. The number of nitrogens with zero attached hydrogens (tertiary/aromatic N) is 1. The van der Waals surface area contributed by atoms with Gasteiger partial charge in [-0.1, -0.05) is 5.16 Å². The molecule has 0 amide bonds. The predicted octanol–water partition coefficient (Wildman–Crippen LogP) is 1.34. The van der Waals surface area contributed by atoms with Crippen LogP contribution in [0.4, 0.5) is 4.39 Å². The molecule has 1 atom stereocenters. The van der Waals surface area contributed by atoms with Crippen LogP contribution in [0, 0.1) is 5.82 Å². The zero-order valence-corrected chi connectivity index (χ0v) is 10.3. The Morgan fingerprint density at radius 3 is 2.78 bits per heavy atom. The molecule has 5 nitrogen and oxygen atoms in total. The molecule has 1 aromatic rings. The highest BCUT2D eigenvalue weighted by molar-refractivity contribution is 5.62. The second kappa shape index (κ2) is 7.75. The Balaban J connectivity index is 2.62. The molecule has 0 radical (unpaired) electrons. The van der Waals surface area contributed by atoms with Gasteiger partial charge in [-0.25, -0.2) is 4.39 Å². The Labute approximate surface area is 105 Å². The van der Waals surface area contributed by atoms with Crippen LogP contribution in [-0.2, 0) is 16.1 Å². The summed E-state index contributed by atoms with van der Waals surface area (Å²) >= 11 is 0. The topological polar surface area (TPSA) is 60.3 Å². The van der Waals surface area contributed by atoms with E-state index in [0.29, 0.717) is 12.2 Å². The molecule has 0 spiro atoms. The fourth-order valence-electron chi connectivity index (χ4n) is 1.26. The Morgan fingerprint density at radius 1 is 1.39 bits per heavy atom. The summed E-state index contributed by atoms with van der Waals surface area (Å²) in [6.45, 7) is 0.0800. The van der Waals surface area contributed by atoms with Gasteiger partial charge in [-0.15, -0.1) is 0 Å². The Hall–Kier alpha value is -1.50. The molecule has 0 aromatic heterocycles. The molecule has 1 unspecified atom stereocenters. The molecule has 0 saturated heterocycles. The van der Waals surface area contributed by atoms with Crippen molar-refractivity contribution in [1.82, 2.24) is 0 Å². The fraction of sp³-hybridized carbons (Fsp3) is 0.417. The van der Waals surface area contributed by atoms with Crippen molar-refractivity contribution in [2.75, 3.05) is 20.8 Å². The second-order valence-electron chi connectivity index (χ2n) is 3.53. The highest BCUT2D eigenvalue weighted by Gasteiger charge is 2.04. The molecule has 0 aliphatic rings. The molecular formula is C12H16FNO4. The van der Waals surface area contributed by atoms with Gasteiger partial charge in [0.25, 0.3) is 0 Å². The lowest BCUT2D eigenvalue weighted by Gasteiger charge is -2.07. The number of halogens is 1. The summed E-state index contributed by atoms with van der Waals surface area (Å²) in [6, 6.07) is 3.90. The van der Waals surface area contributed by atoms with Crippen molar-refractivity contribution >= 4 is 6.21 Å². The van der Waals surface area contributed by atoms with Gasteiger partial charge in [-0.2, -0.15) is 0 Å². The lowest BCUT2D eigenvalue weighted by atomic mass is 10.2. The first-order valence-corrected chi connectivity index (χ1v) is 5.32. The molecule has 0 heterocycles. The molecule has 1 rings (SSSR count). The monoisotopic (exact) mass is 257 g/mol. The molecule has 100 valence electrons. The zero-order chi connectivity index (χ0) is 13.4. The van der Waals surface area contributed by atoms with Crippen LogP contribution in [0.1, 0.15) is 5.56 Å². The standard InChI is InChI=1S/C12H16FNO4/c1-16-8-12(17-2)6-14-18-11-4-9(7-15)3-10(13)5-11/h3-6,12,15H,7-8H2,1-2H3. The van der Waals surface area contributed by atoms with Gasteiger partial charge in [0, 0.05) is 20.3 Å². The molecule has 0 fully saturated rings. The summed E-state index contributed by atoms with van der Waals surface area (Å²) < 4.78 is 23.0. The quantitative estimate of drug-likeness (QED) is 0.591. The van der Waals surface area contributed by atoms with E-state index in [9.17, 15) is 4.39 Å². The fourth-order valence-corrected chi connectivity index (χ4v) is 1.26. The minimum Gasteiger partial charge on any atom is -0.392 e. The minimum absolute atomic E-state index is 0.211. The highest BCUT2D eigenvalue weighted by Crippen LogP contribution is 2.16. The van der Waals surface area contributed by atoms with Crippen LogP contribution < -0.4 is 4.84 Å². The van der Waals surface area contributed by atoms with Crippen LogP contribution >= 0.6 is 0 Å². The molecule has 0 bridgehead atoms. The van der Waals surface area contributed by atoms with Crippen molar-refractivity contribution < 1.29 is 23.8 Å². The molecule has 0 saturated carbocycles. The number of aliphatic hydroxyl groups excluding tert-OH is 1. The molecular weight excluding hydrogens is 241 g/mol. The lowest BCUT2D eigenvalue weighted by molar-refractivity contribution is 0.0697. The van der Waals surface area contributed by atoms with Crippen molar-refractivity contribution in [3.63, 3.8) is 0 Å². The maximum Gasteiger partial charge on any atom is 0.161 e. The lowest BCUT2D eigenvalue weighted by Crippen LogP contribution is -2.19. The van der Waals surface area contributed by atoms with Gasteiger partial charge in [0.2, 0.25) is 0 Å². The van der Waals surface area contributed by atoms with Crippen LogP contribution in [0.25, 0.3) is 0 Å². The van der Waals surface area contributed by atoms with E-state index < -0.39 is 5.82 Å². The molecule has 18 heavy (non-hydrogen) atoms. The van der Waals surface area contributed by atoms with Gasteiger partial charge in [0.1, 0.15) is 11.9 Å². The Kier molecular flexibility index (Phi) is 6.27. The maximum atomic E-state index is 13.1. The van der Waals surface area contributed by atoms with Crippen molar-refractivity contribution in [2.45, 2.75) is 12.7 Å². The molecule has 0 aliphatic heterocycles. The molecule has 1 N–H and O–H groups in total. The third kappa shape index (κ3) is 4.79. The van der Waals surface area contributed by atoms with Crippen LogP contribution in [0.2, 0.25) is 0 Å². The van der Waals surface area contributed by atoms with E-state index in [1.165, 1.54) is 31.5 Å². The Bertz CT molecular complexity index is 398. The summed E-state index contributed by atoms with van der Waals surface area (Å²) in [6.07, 6.45) is 1.08. The number of ether oxygens (including phenoxy) is 2. The van der Waals surface area contributed by atoms with E-state index in [4.69, 9.17) is 19.4 Å².